The number of hydrogen-bond acceptors (Lipinski definition) is 4. The summed E-state index contributed by atoms with van der Waals surface area (Å²) in [5, 5.41) is 8.13. The van der Waals surface area contributed by atoms with Crippen molar-refractivity contribution in [2.75, 3.05) is 18.4 Å². The molecule has 0 spiro atoms. The quantitative estimate of drug-likeness (QED) is 0.852. The van der Waals surface area contributed by atoms with Gasteiger partial charge in [-0.2, -0.15) is 0 Å². The van der Waals surface area contributed by atoms with Gasteiger partial charge in [-0.15, -0.1) is 11.3 Å². The van der Waals surface area contributed by atoms with E-state index in [1.54, 1.807) is 23.6 Å². The lowest BCUT2D eigenvalue weighted by Crippen LogP contribution is -2.23. The van der Waals surface area contributed by atoms with Gasteiger partial charge >= 0.3 is 0 Å². The molecule has 19 heavy (non-hydrogen) atoms. The minimum atomic E-state index is -0.135. The molecule has 0 atom stereocenters. The van der Waals surface area contributed by atoms with E-state index in [1.165, 1.54) is 4.88 Å². The van der Waals surface area contributed by atoms with Crippen LogP contribution in [-0.4, -0.2) is 24.0 Å². The molecule has 2 N–H and O–H groups in total. The second kappa shape index (κ2) is 6.89. The van der Waals surface area contributed by atoms with Crippen molar-refractivity contribution in [3.8, 4) is 0 Å². The fraction of sp³-hybridized carbons (Fsp3) is 0.286. The Labute approximate surface area is 116 Å². The van der Waals surface area contributed by atoms with Gasteiger partial charge in [-0.05, 0) is 36.9 Å². The van der Waals surface area contributed by atoms with Gasteiger partial charge in [0.2, 0.25) is 0 Å². The molecule has 2 aromatic rings. The molecule has 0 radical (unpaired) electrons. The molecule has 4 nitrogen and oxygen atoms in total. The van der Waals surface area contributed by atoms with Crippen LogP contribution in [-0.2, 0) is 6.42 Å². The zero-order chi connectivity index (χ0) is 13.5. The lowest BCUT2D eigenvalue weighted by Gasteiger charge is -2.07. The van der Waals surface area contributed by atoms with Gasteiger partial charge < -0.3 is 10.6 Å². The van der Waals surface area contributed by atoms with Gasteiger partial charge in [0.25, 0.3) is 5.91 Å². The van der Waals surface area contributed by atoms with E-state index in [-0.39, 0.29) is 5.91 Å². The lowest BCUT2D eigenvalue weighted by molar-refractivity contribution is 0.0951. The van der Waals surface area contributed by atoms with Crippen molar-refractivity contribution in [2.24, 2.45) is 0 Å². The summed E-state index contributed by atoms with van der Waals surface area (Å²) in [4.78, 5) is 17.1. The highest BCUT2D eigenvalue weighted by Gasteiger charge is 2.06. The van der Waals surface area contributed by atoms with Gasteiger partial charge in [-0.1, -0.05) is 6.07 Å². The van der Waals surface area contributed by atoms with Crippen molar-refractivity contribution in [1.82, 2.24) is 10.3 Å². The third-order valence-electron chi connectivity index (χ3n) is 2.61. The van der Waals surface area contributed by atoms with Crippen molar-refractivity contribution in [3.05, 3.63) is 46.4 Å². The Bertz CT molecular complexity index is 525. The number of thiophene rings is 1. The maximum atomic E-state index is 11.7. The third kappa shape index (κ3) is 4.06. The van der Waals surface area contributed by atoms with E-state index in [0.29, 0.717) is 12.2 Å². The fourth-order valence-electron chi connectivity index (χ4n) is 1.70. The standard InChI is InChI=1S/C14H17N3OS/c1-2-15-14(18)13-10-11(5-7-17-13)16-8-6-12-4-3-9-19-12/h3-5,7,9-10H,2,6,8H2,1H3,(H,15,18)(H,16,17). The number of aromatic nitrogens is 1. The Hall–Kier alpha value is -1.88. The summed E-state index contributed by atoms with van der Waals surface area (Å²) in [5.41, 5.74) is 1.37. The van der Waals surface area contributed by atoms with Crippen LogP contribution < -0.4 is 10.6 Å². The van der Waals surface area contributed by atoms with Gasteiger partial charge in [-0.3, -0.25) is 9.78 Å². The predicted octanol–water partition coefficient (Wildman–Crippen LogP) is 2.55. The Morgan fingerprint density at radius 3 is 3.05 bits per heavy atom. The topological polar surface area (TPSA) is 54.0 Å². The zero-order valence-electron chi connectivity index (χ0n) is 10.8. The normalized spacial score (nSPS) is 10.2. The van der Waals surface area contributed by atoms with Crippen LogP contribution in [0.3, 0.4) is 0 Å². The number of pyridine rings is 1. The first-order valence-corrected chi connectivity index (χ1v) is 7.18. The van der Waals surface area contributed by atoms with Gasteiger partial charge in [0.1, 0.15) is 5.69 Å². The van der Waals surface area contributed by atoms with Gasteiger partial charge in [-0.25, -0.2) is 0 Å². The Morgan fingerprint density at radius 1 is 1.42 bits per heavy atom. The summed E-state index contributed by atoms with van der Waals surface area (Å²) in [5.74, 6) is -0.135. The molecule has 0 saturated heterocycles. The molecule has 0 aliphatic rings. The number of anilines is 1. The third-order valence-corrected chi connectivity index (χ3v) is 3.55. The monoisotopic (exact) mass is 275 g/mol. The van der Waals surface area contributed by atoms with E-state index in [4.69, 9.17) is 0 Å². The smallest absolute Gasteiger partial charge is 0.269 e. The molecule has 0 aliphatic heterocycles. The van der Waals surface area contributed by atoms with Crippen LogP contribution >= 0.6 is 11.3 Å². The first-order valence-electron chi connectivity index (χ1n) is 6.30. The second-order valence-corrected chi connectivity index (χ2v) is 5.08. The van der Waals surface area contributed by atoms with Crippen molar-refractivity contribution < 1.29 is 4.79 Å². The van der Waals surface area contributed by atoms with E-state index >= 15 is 0 Å². The Balaban J connectivity index is 1.90. The summed E-state index contributed by atoms with van der Waals surface area (Å²) in [7, 11) is 0. The number of carbonyl (C=O) groups is 1. The highest BCUT2D eigenvalue weighted by Crippen LogP contribution is 2.11. The molecule has 100 valence electrons. The van der Waals surface area contributed by atoms with Gasteiger partial charge in [0.05, 0.1) is 0 Å². The maximum Gasteiger partial charge on any atom is 0.269 e. The zero-order valence-corrected chi connectivity index (χ0v) is 11.7. The Morgan fingerprint density at radius 2 is 2.32 bits per heavy atom. The predicted molar refractivity (Wildman–Crippen MR) is 78.8 cm³/mol. The minimum absolute atomic E-state index is 0.135. The highest BCUT2D eigenvalue weighted by atomic mass is 32.1. The summed E-state index contributed by atoms with van der Waals surface area (Å²) in [6.07, 6.45) is 2.63. The molecule has 0 bridgehead atoms. The first-order chi connectivity index (χ1) is 9.29. The van der Waals surface area contributed by atoms with Crippen molar-refractivity contribution in [2.45, 2.75) is 13.3 Å². The van der Waals surface area contributed by atoms with E-state index in [2.05, 4.69) is 33.1 Å². The van der Waals surface area contributed by atoms with Gasteiger partial charge in [0.15, 0.2) is 0 Å². The van der Waals surface area contributed by atoms with Crippen LogP contribution in [0.25, 0.3) is 0 Å². The number of carbonyl (C=O) groups excluding carboxylic acids is 1. The number of rotatable bonds is 6. The molecular formula is C14H17N3OS. The fourth-order valence-corrected chi connectivity index (χ4v) is 2.41. The maximum absolute atomic E-state index is 11.7. The van der Waals surface area contributed by atoms with E-state index in [0.717, 1.165) is 18.7 Å². The molecule has 2 heterocycles. The van der Waals surface area contributed by atoms with Crippen LogP contribution in [0.1, 0.15) is 22.3 Å². The SMILES string of the molecule is CCNC(=O)c1cc(NCCc2cccs2)ccn1. The summed E-state index contributed by atoms with van der Waals surface area (Å²) in [6.45, 7) is 3.34. The van der Waals surface area contributed by atoms with Crippen LogP contribution in [0.4, 0.5) is 5.69 Å². The molecule has 0 aromatic carbocycles. The van der Waals surface area contributed by atoms with Crippen LogP contribution in [0.2, 0.25) is 0 Å². The summed E-state index contributed by atoms with van der Waals surface area (Å²) < 4.78 is 0. The number of nitrogens with one attached hydrogen (secondary N) is 2. The average Bonchev–Trinajstić information content (AvgIpc) is 2.93. The first kappa shape index (κ1) is 13.5. The van der Waals surface area contributed by atoms with Crippen molar-refractivity contribution >= 4 is 22.9 Å². The van der Waals surface area contributed by atoms with E-state index in [1.807, 2.05) is 13.0 Å². The minimum Gasteiger partial charge on any atom is -0.385 e. The lowest BCUT2D eigenvalue weighted by atomic mass is 10.3. The molecule has 0 saturated carbocycles. The summed E-state index contributed by atoms with van der Waals surface area (Å²) >= 11 is 1.76. The second-order valence-electron chi connectivity index (χ2n) is 4.05. The molecule has 0 unspecified atom stereocenters. The average molecular weight is 275 g/mol. The number of amides is 1. The molecule has 2 aromatic heterocycles. The van der Waals surface area contributed by atoms with Crippen molar-refractivity contribution in [3.63, 3.8) is 0 Å². The molecule has 0 fully saturated rings. The van der Waals surface area contributed by atoms with Crippen molar-refractivity contribution in [1.29, 1.82) is 0 Å². The largest absolute Gasteiger partial charge is 0.385 e. The van der Waals surface area contributed by atoms with Crippen LogP contribution in [0.15, 0.2) is 35.8 Å². The molecule has 2 rings (SSSR count). The molecule has 0 aliphatic carbocycles. The Kier molecular flexibility index (Phi) is 4.92. The van der Waals surface area contributed by atoms with Crippen LogP contribution in [0, 0.1) is 0 Å². The number of nitrogens with zero attached hydrogens (tertiary/aromatic N) is 1. The number of hydrogen-bond donors (Lipinski definition) is 2. The van der Waals surface area contributed by atoms with E-state index in [9.17, 15) is 4.79 Å². The van der Waals surface area contributed by atoms with E-state index < -0.39 is 0 Å². The van der Waals surface area contributed by atoms with Gasteiger partial charge in [0, 0.05) is 29.9 Å². The molecule has 5 heteroatoms. The molecule has 1 amide bonds. The molecular weight excluding hydrogens is 258 g/mol. The highest BCUT2D eigenvalue weighted by molar-refractivity contribution is 7.09. The van der Waals surface area contributed by atoms with Crippen LogP contribution in [0.5, 0.6) is 0 Å². The summed E-state index contributed by atoms with van der Waals surface area (Å²) in [6, 6.07) is 7.83.